The van der Waals surface area contributed by atoms with Crippen LogP contribution < -0.4 is 4.72 Å². The number of carbonyl (C=O) groups is 1. The number of nitrogens with one attached hydrogen (secondary N) is 1. The Hall–Kier alpha value is -0.920. The highest BCUT2D eigenvalue weighted by Crippen LogP contribution is 2.18. The molecule has 1 aliphatic rings. The van der Waals surface area contributed by atoms with Crippen LogP contribution >= 0.6 is 0 Å². The number of hydrogen-bond acceptors (Lipinski definition) is 3. The van der Waals surface area contributed by atoms with Crippen LogP contribution in [0, 0.1) is 5.92 Å². The minimum absolute atomic E-state index is 0.0543. The Kier molecular flexibility index (Phi) is 5.10. The van der Waals surface area contributed by atoms with Crippen LogP contribution in [-0.2, 0) is 15.0 Å². The second-order valence-electron chi connectivity index (χ2n) is 4.01. The van der Waals surface area contributed by atoms with Crippen molar-refractivity contribution in [3.8, 4) is 0 Å². The molecule has 0 aromatic carbocycles. The number of piperidine rings is 1. The summed E-state index contributed by atoms with van der Waals surface area (Å²) in [5.74, 6) is -1.53. The van der Waals surface area contributed by atoms with E-state index in [1.807, 2.05) is 0 Å². The lowest BCUT2D eigenvalue weighted by Crippen LogP contribution is -2.47. The first-order valence-corrected chi connectivity index (χ1v) is 7.00. The zero-order valence-corrected chi connectivity index (χ0v) is 10.4. The van der Waals surface area contributed by atoms with E-state index in [0.717, 1.165) is 0 Å². The van der Waals surface area contributed by atoms with E-state index >= 15 is 0 Å². The van der Waals surface area contributed by atoms with Crippen molar-refractivity contribution in [3.63, 3.8) is 0 Å². The topological polar surface area (TPSA) is 86.7 Å². The van der Waals surface area contributed by atoms with Crippen LogP contribution in [0.25, 0.3) is 0 Å². The molecule has 1 unspecified atom stereocenters. The van der Waals surface area contributed by atoms with Crippen LogP contribution in [0.15, 0.2) is 12.7 Å². The summed E-state index contributed by atoms with van der Waals surface area (Å²) in [4.78, 5) is 10.8. The summed E-state index contributed by atoms with van der Waals surface area (Å²) in [6.07, 6.45) is 3.29. The summed E-state index contributed by atoms with van der Waals surface area (Å²) in [6, 6.07) is 0. The van der Waals surface area contributed by atoms with E-state index in [0.29, 0.717) is 32.4 Å². The maximum Gasteiger partial charge on any atom is 0.307 e. The molecule has 98 valence electrons. The number of carboxylic acids is 1. The molecular weight excluding hydrogens is 244 g/mol. The van der Waals surface area contributed by atoms with Crippen LogP contribution in [0.2, 0.25) is 0 Å². The summed E-state index contributed by atoms with van der Waals surface area (Å²) in [7, 11) is -3.55. The first-order chi connectivity index (χ1) is 7.97. The smallest absolute Gasteiger partial charge is 0.307 e. The van der Waals surface area contributed by atoms with E-state index in [9.17, 15) is 13.2 Å². The molecule has 0 aliphatic carbocycles. The number of aliphatic carboxylic acids is 1. The molecule has 2 N–H and O–H groups in total. The van der Waals surface area contributed by atoms with Gasteiger partial charge in [-0.1, -0.05) is 6.08 Å². The van der Waals surface area contributed by atoms with Crippen LogP contribution in [0.4, 0.5) is 0 Å². The minimum atomic E-state index is -3.55. The Morgan fingerprint density at radius 1 is 1.59 bits per heavy atom. The molecule has 7 heteroatoms. The van der Waals surface area contributed by atoms with Gasteiger partial charge in [0.15, 0.2) is 0 Å². The average molecular weight is 262 g/mol. The fourth-order valence-corrected chi connectivity index (χ4v) is 3.05. The fraction of sp³-hybridized carbons (Fsp3) is 0.700. The number of nitrogens with zero attached hydrogens (tertiary/aromatic N) is 1. The van der Waals surface area contributed by atoms with Gasteiger partial charge in [0.2, 0.25) is 0 Å². The quantitative estimate of drug-likeness (QED) is 0.528. The summed E-state index contributed by atoms with van der Waals surface area (Å²) >= 11 is 0. The summed E-state index contributed by atoms with van der Waals surface area (Å²) in [5, 5.41) is 8.88. The van der Waals surface area contributed by atoms with Crippen molar-refractivity contribution >= 4 is 16.2 Å². The van der Waals surface area contributed by atoms with E-state index in [4.69, 9.17) is 5.11 Å². The van der Waals surface area contributed by atoms with Crippen LogP contribution in [-0.4, -0.2) is 43.4 Å². The molecule has 1 heterocycles. The van der Waals surface area contributed by atoms with Crippen molar-refractivity contribution in [1.29, 1.82) is 0 Å². The van der Waals surface area contributed by atoms with Crippen LogP contribution in [0.1, 0.15) is 19.3 Å². The normalized spacial score (nSPS) is 22.2. The van der Waals surface area contributed by atoms with Gasteiger partial charge in [-0.15, -0.1) is 6.58 Å². The van der Waals surface area contributed by atoms with Gasteiger partial charge < -0.3 is 5.11 Å². The van der Waals surface area contributed by atoms with Gasteiger partial charge in [-0.3, -0.25) is 4.79 Å². The molecule has 0 amide bonds. The molecule has 1 fully saturated rings. The van der Waals surface area contributed by atoms with Crippen molar-refractivity contribution in [2.45, 2.75) is 19.3 Å². The summed E-state index contributed by atoms with van der Waals surface area (Å²) in [6.45, 7) is 4.23. The van der Waals surface area contributed by atoms with E-state index in [1.54, 1.807) is 6.08 Å². The Labute approximate surface area is 101 Å². The molecule has 0 radical (unpaired) electrons. The molecule has 1 aliphatic heterocycles. The maximum absolute atomic E-state index is 11.8. The first-order valence-electron chi connectivity index (χ1n) is 5.56. The molecule has 0 spiro atoms. The number of rotatable bonds is 6. The van der Waals surface area contributed by atoms with Gasteiger partial charge in [-0.25, -0.2) is 4.72 Å². The molecule has 1 rings (SSSR count). The Balaban J connectivity index is 2.58. The standard InChI is InChI=1S/C10H18N2O4S/c1-2-3-6-11-17(15,16)12-7-4-5-9(8-12)10(13)14/h2,9,11H,1,3-8H2,(H,13,14). The lowest BCUT2D eigenvalue weighted by molar-refractivity contribution is -0.142. The van der Waals surface area contributed by atoms with Crippen LogP contribution in [0.3, 0.4) is 0 Å². The van der Waals surface area contributed by atoms with E-state index in [2.05, 4.69) is 11.3 Å². The van der Waals surface area contributed by atoms with Gasteiger partial charge in [0.05, 0.1) is 5.92 Å². The molecule has 0 aromatic rings. The van der Waals surface area contributed by atoms with E-state index in [1.165, 1.54) is 4.31 Å². The summed E-state index contributed by atoms with van der Waals surface area (Å²) in [5.41, 5.74) is 0. The third-order valence-corrected chi connectivity index (χ3v) is 4.29. The second-order valence-corrected chi connectivity index (χ2v) is 5.77. The third kappa shape index (κ3) is 4.10. The molecular formula is C10H18N2O4S. The van der Waals surface area contributed by atoms with Crippen LogP contribution in [0.5, 0.6) is 0 Å². The lowest BCUT2D eigenvalue weighted by atomic mass is 10.0. The van der Waals surface area contributed by atoms with Gasteiger partial charge in [-0.05, 0) is 19.3 Å². The minimum Gasteiger partial charge on any atom is -0.481 e. The molecule has 17 heavy (non-hydrogen) atoms. The molecule has 0 aromatic heterocycles. The van der Waals surface area contributed by atoms with Crippen molar-refractivity contribution in [1.82, 2.24) is 9.03 Å². The molecule has 1 saturated heterocycles. The fourth-order valence-electron chi connectivity index (χ4n) is 1.74. The van der Waals surface area contributed by atoms with Crippen molar-refractivity contribution in [2.75, 3.05) is 19.6 Å². The van der Waals surface area contributed by atoms with Gasteiger partial charge in [0.1, 0.15) is 0 Å². The lowest BCUT2D eigenvalue weighted by Gasteiger charge is -2.29. The highest BCUT2D eigenvalue weighted by atomic mass is 32.2. The predicted octanol–water partition coefficient (Wildman–Crippen LogP) is 0.193. The first kappa shape index (κ1) is 14.1. The van der Waals surface area contributed by atoms with E-state index in [-0.39, 0.29) is 6.54 Å². The highest BCUT2D eigenvalue weighted by molar-refractivity contribution is 7.87. The van der Waals surface area contributed by atoms with Gasteiger partial charge >= 0.3 is 5.97 Å². The van der Waals surface area contributed by atoms with Gasteiger partial charge in [0, 0.05) is 19.6 Å². The molecule has 1 atom stereocenters. The maximum atomic E-state index is 11.8. The number of hydrogen-bond donors (Lipinski definition) is 2. The SMILES string of the molecule is C=CCCNS(=O)(=O)N1CCCC(C(=O)O)C1. The summed E-state index contributed by atoms with van der Waals surface area (Å²) < 4.78 is 27.3. The largest absolute Gasteiger partial charge is 0.481 e. The Morgan fingerprint density at radius 3 is 2.88 bits per heavy atom. The average Bonchev–Trinajstić information content (AvgIpc) is 2.29. The van der Waals surface area contributed by atoms with Crippen molar-refractivity contribution < 1.29 is 18.3 Å². The van der Waals surface area contributed by atoms with Gasteiger partial charge in [0.25, 0.3) is 10.2 Å². The molecule has 0 bridgehead atoms. The zero-order valence-electron chi connectivity index (χ0n) is 9.63. The predicted molar refractivity (Wildman–Crippen MR) is 63.7 cm³/mol. The Bertz CT molecular complexity index is 380. The van der Waals surface area contributed by atoms with Gasteiger partial charge in [-0.2, -0.15) is 12.7 Å². The van der Waals surface area contributed by atoms with Crippen molar-refractivity contribution in [2.24, 2.45) is 5.92 Å². The molecule has 6 nitrogen and oxygen atoms in total. The monoisotopic (exact) mass is 262 g/mol. The zero-order chi connectivity index (χ0) is 12.9. The highest BCUT2D eigenvalue weighted by Gasteiger charge is 2.31. The van der Waals surface area contributed by atoms with E-state index < -0.39 is 22.1 Å². The second kappa shape index (κ2) is 6.13. The Morgan fingerprint density at radius 2 is 2.29 bits per heavy atom. The number of carboxylic acid groups (broad SMARTS) is 1. The van der Waals surface area contributed by atoms with Crippen molar-refractivity contribution in [3.05, 3.63) is 12.7 Å². The third-order valence-electron chi connectivity index (χ3n) is 2.71. The molecule has 0 saturated carbocycles.